The maximum atomic E-state index is 11.0. The Morgan fingerprint density at radius 1 is 1.44 bits per heavy atom. The molecule has 2 rings (SSSR count). The molecular formula is C11H13ClN2O2. The number of carboxylic acid groups (broad SMARTS) is 1. The second-order valence-corrected chi connectivity index (χ2v) is 4.55. The summed E-state index contributed by atoms with van der Waals surface area (Å²) in [6, 6.07) is 7.31. The lowest BCUT2D eigenvalue weighted by Crippen LogP contribution is -2.50. The van der Waals surface area contributed by atoms with Gasteiger partial charge in [-0.05, 0) is 30.7 Å². The summed E-state index contributed by atoms with van der Waals surface area (Å²) in [4.78, 5) is 12.9. The number of halogens is 1. The lowest BCUT2D eigenvalue weighted by atomic mass is 10.0. The van der Waals surface area contributed by atoms with Gasteiger partial charge in [-0.1, -0.05) is 11.6 Å². The Kier molecular flexibility index (Phi) is 2.78. The van der Waals surface area contributed by atoms with E-state index in [1.165, 1.54) is 0 Å². The first-order valence-corrected chi connectivity index (χ1v) is 5.42. The van der Waals surface area contributed by atoms with Crippen LogP contribution in [-0.4, -0.2) is 29.7 Å². The van der Waals surface area contributed by atoms with Crippen molar-refractivity contribution in [2.45, 2.75) is 12.0 Å². The molecule has 1 aromatic carbocycles. The van der Waals surface area contributed by atoms with Crippen LogP contribution in [0.2, 0.25) is 5.02 Å². The molecule has 1 aromatic rings. The van der Waals surface area contributed by atoms with Crippen LogP contribution in [0.1, 0.15) is 6.42 Å². The smallest absolute Gasteiger partial charge is 0.325 e. The average molecular weight is 241 g/mol. The monoisotopic (exact) mass is 240 g/mol. The molecule has 0 spiro atoms. The Morgan fingerprint density at radius 2 is 2.06 bits per heavy atom. The number of nitrogens with zero attached hydrogens (tertiary/aromatic N) is 1. The summed E-state index contributed by atoms with van der Waals surface area (Å²) < 4.78 is 0. The van der Waals surface area contributed by atoms with Gasteiger partial charge in [0.2, 0.25) is 0 Å². The minimum atomic E-state index is -1.13. The van der Waals surface area contributed by atoms with Gasteiger partial charge in [-0.15, -0.1) is 0 Å². The van der Waals surface area contributed by atoms with Crippen LogP contribution in [0.15, 0.2) is 24.3 Å². The summed E-state index contributed by atoms with van der Waals surface area (Å²) in [5, 5.41) is 9.68. The van der Waals surface area contributed by atoms with E-state index >= 15 is 0 Å². The molecule has 1 aliphatic rings. The quantitative estimate of drug-likeness (QED) is 0.819. The van der Waals surface area contributed by atoms with Crippen molar-refractivity contribution in [1.29, 1.82) is 0 Å². The van der Waals surface area contributed by atoms with Crippen LogP contribution in [0.25, 0.3) is 0 Å². The van der Waals surface area contributed by atoms with E-state index in [9.17, 15) is 4.79 Å². The molecule has 0 saturated carbocycles. The van der Waals surface area contributed by atoms with E-state index < -0.39 is 11.5 Å². The number of carbonyl (C=O) groups is 1. The number of carboxylic acids is 1. The van der Waals surface area contributed by atoms with Crippen LogP contribution >= 0.6 is 11.6 Å². The third-order valence-electron chi connectivity index (χ3n) is 2.92. The first-order chi connectivity index (χ1) is 7.51. The average Bonchev–Trinajstić information content (AvgIpc) is 2.63. The molecule has 1 atom stereocenters. The van der Waals surface area contributed by atoms with Gasteiger partial charge in [0.05, 0.1) is 0 Å². The van der Waals surface area contributed by atoms with Crippen LogP contribution in [0.3, 0.4) is 0 Å². The standard InChI is InChI=1S/C11H13ClN2O2/c12-8-1-3-9(4-2-8)14-6-5-11(13,7-14)10(15)16/h1-4H,5-7,13H2,(H,15,16). The highest BCUT2D eigenvalue weighted by atomic mass is 35.5. The Morgan fingerprint density at radius 3 is 2.56 bits per heavy atom. The fourth-order valence-electron chi connectivity index (χ4n) is 1.88. The first kappa shape index (κ1) is 11.2. The molecule has 1 unspecified atom stereocenters. The topological polar surface area (TPSA) is 66.6 Å². The molecule has 4 nitrogen and oxygen atoms in total. The summed E-state index contributed by atoms with van der Waals surface area (Å²) in [6.45, 7) is 0.994. The van der Waals surface area contributed by atoms with Gasteiger partial charge in [-0.25, -0.2) is 0 Å². The minimum Gasteiger partial charge on any atom is -0.480 e. The van der Waals surface area contributed by atoms with Crippen LogP contribution in [0, 0.1) is 0 Å². The van der Waals surface area contributed by atoms with Gasteiger partial charge >= 0.3 is 5.97 Å². The molecule has 0 aromatic heterocycles. The molecular weight excluding hydrogens is 228 g/mol. The highest BCUT2D eigenvalue weighted by Crippen LogP contribution is 2.26. The second kappa shape index (κ2) is 3.96. The Hall–Kier alpha value is -1.26. The first-order valence-electron chi connectivity index (χ1n) is 5.04. The molecule has 3 N–H and O–H groups in total. The molecule has 0 aliphatic carbocycles. The van der Waals surface area contributed by atoms with Crippen molar-refractivity contribution in [3.8, 4) is 0 Å². The zero-order chi connectivity index (χ0) is 11.8. The summed E-state index contributed by atoms with van der Waals surface area (Å²) in [6.07, 6.45) is 0.463. The number of rotatable bonds is 2. The molecule has 16 heavy (non-hydrogen) atoms. The molecule has 1 saturated heterocycles. The van der Waals surface area contributed by atoms with E-state index in [2.05, 4.69) is 0 Å². The van der Waals surface area contributed by atoms with Gasteiger partial charge < -0.3 is 15.7 Å². The van der Waals surface area contributed by atoms with Gasteiger partial charge in [-0.2, -0.15) is 0 Å². The molecule has 1 heterocycles. The summed E-state index contributed by atoms with van der Waals surface area (Å²) in [5.41, 5.74) is 5.62. The zero-order valence-electron chi connectivity index (χ0n) is 8.69. The van der Waals surface area contributed by atoms with E-state index in [1.807, 2.05) is 17.0 Å². The van der Waals surface area contributed by atoms with Crippen LogP contribution in [0.4, 0.5) is 5.69 Å². The molecule has 0 radical (unpaired) electrons. The van der Waals surface area contributed by atoms with Crippen LogP contribution in [-0.2, 0) is 4.79 Å². The lowest BCUT2D eigenvalue weighted by Gasteiger charge is -2.21. The predicted molar refractivity (Wildman–Crippen MR) is 62.8 cm³/mol. The number of hydrogen-bond donors (Lipinski definition) is 2. The van der Waals surface area contributed by atoms with Crippen molar-refractivity contribution in [2.24, 2.45) is 5.73 Å². The molecule has 86 valence electrons. The highest BCUT2D eigenvalue weighted by molar-refractivity contribution is 6.30. The number of hydrogen-bond acceptors (Lipinski definition) is 3. The van der Waals surface area contributed by atoms with E-state index in [1.54, 1.807) is 12.1 Å². The Balaban J connectivity index is 2.15. The Bertz CT molecular complexity index is 407. The highest BCUT2D eigenvalue weighted by Gasteiger charge is 2.41. The van der Waals surface area contributed by atoms with Crippen molar-refractivity contribution >= 4 is 23.3 Å². The lowest BCUT2D eigenvalue weighted by molar-refractivity contribution is -0.142. The zero-order valence-corrected chi connectivity index (χ0v) is 9.44. The van der Waals surface area contributed by atoms with E-state index in [0.717, 1.165) is 5.69 Å². The maximum Gasteiger partial charge on any atom is 0.325 e. The van der Waals surface area contributed by atoms with Gasteiger partial charge in [0.1, 0.15) is 5.54 Å². The third kappa shape index (κ3) is 1.99. The molecule has 0 amide bonds. The second-order valence-electron chi connectivity index (χ2n) is 4.11. The van der Waals surface area contributed by atoms with Crippen molar-refractivity contribution < 1.29 is 9.90 Å². The maximum absolute atomic E-state index is 11.0. The molecule has 0 bridgehead atoms. The number of benzene rings is 1. The summed E-state index contributed by atoms with van der Waals surface area (Å²) in [5.74, 6) is -0.941. The Labute approximate surface area is 98.6 Å². The van der Waals surface area contributed by atoms with Gasteiger partial charge in [0.25, 0.3) is 0 Å². The van der Waals surface area contributed by atoms with Crippen molar-refractivity contribution in [3.05, 3.63) is 29.3 Å². The van der Waals surface area contributed by atoms with Crippen molar-refractivity contribution in [2.75, 3.05) is 18.0 Å². The number of nitrogens with two attached hydrogens (primary N) is 1. The van der Waals surface area contributed by atoms with Crippen LogP contribution in [0.5, 0.6) is 0 Å². The fourth-order valence-corrected chi connectivity index (χ4v) is 2.01. The SMILES string of the molecule is NC1(C(=O)O)CCN(c2ccc(Cl)cc2)C1. The van der Waals surface area contributed by atoms with Gasteiger partial charge in [0, 0.05) is 23.8 Å². The summed E-state index contributed by atoms with van der Waals surface area (Å²) in [7, 11) is 0. The van der Waals surface area contributed by atoms with Gasteiger partial charge in [-0.3, -0.25) is 4.79 Å². The summed E-state index contributed by atoms with van der Waals surface area (Å²) >= 11 is 5.79. The molecule has 1 fully saturated rings. The molecule has 1 aliphatic heterocycles. The largest absolute Gasteiger partial charge is 0.480 e. The van der Waals surface area contributed by atoms with E-state index in [0.29, 0.717) is 24.5 Å². The number of anilines is 1. The molecule has 5 heteroatoms. The van der Waals surface area contributed by atoms with Gasteiger partial charge in [0.15, 0.2) is 0 Å². The third-order valence-corrected chi connectivity index (χ3v) is 3.17. The number of aliphatic carboxylic acids is 1. The van der Waals surface area contributed by atoms with Crippen LogP contribution < -0.4 is 10.6 Å². The van der Waals surface area contributed by atoms with Crippen molar-refractivity contribution in [3.63, 3.8) is 0 Å². The normalized spacial score (nSPS) is 24.8. The minimum absolute atomic E-state index is 0.337. The predicted octanol–water partition coefficient (Wildman–Crippen LogP) is 1.33. The fraction of sp³-hybridized carbons (Fsp3) is 0.364. The van der Waals surface area contributed by atoms with E-state index in [4.69, 9.17) is 22.4 Å². The van der Waals surface area contributed by atoms with Crippen molar-refractivity contribution in [1.82, 2.24) is 0 Å². The van der Waals surface area contributed by atoms with E-state index in [-0.39, 0.29) is 0 Å².